The first-order chi connectivity index (χ1) is 15.1. The second-order valence-electron chi connectivity index (χ2n) is 7.39. The number of ether oxygens (including phenoxy) is 3. The van der Waals surface area contributed by atoms with Crippen molar-refractivity contribution in [3.63, 3.8) is 0 Å². The van der Waals surface area contributed by atoms with Gasteiger partial charge in [-0.2, -0.15) is 0 Å². The second kappa shape index (κ2) is 9.18. The molecule has 1 aliphatic heterocycles. The van der Waals surface area contributed by atoms with Gasteiger partial charge >= 0.3 is 0 Å². The molecule has 1 N–H and O–H groups in total. The first-order valence-corrected chi connectivity index (χ1v) is 10.2. The largest absolute Gasteiger partial charge is 0.493 e. The Morgan fingerprint density at radius 2 is 1.84 bits per heavy atom. The molecule has 0 radical (unpaired) electrons. The van der Waals surface area contributed by atoms with E-state index in [0.717, 1.165) is 24.9 Å². The smallest absolute Gasteiger partial charge is 0.251 e. The summed E-state index contributed by atoms with van der Waals surface area (Å²) in [6.45, 7) is 1.57. The maximum absolute atomic E-state index is 12.4. The van der Waals surface area contributed by atoms with E-state index < -0.39 is 0 Å². The fraction of sp³-hybridized carbons (Fsp3) is 0.348. The Kier molecular flexibility index (Phi) is 6.18. The van der Waals surface area contributed by atoms with Crippen molar-refractivity contribution in [2.24, 2.45) is 0 Å². The van der Waals surface area contributed by atoms with E-state index in [-0.39, 0.29) is 11.6 Å². The molecule has 0 amide bonds. The number of hydrogen-bond acceptors (Lipinski definition) is 7. The number of aromatic amines is 1. The lowest BCUT2D eigenvalue weighted by molar-refractivity contribution is 0.238. The lowest BCUT2D eigenvalue weighted by Crippen LogP contribution is -2.26. The molecule has 3 aromatic rings. The average molecular weight is 422 g/mol. The van der Waals surface area contributed by atoms with Gasteiger partial charge in [0.05, 0.1) is 38.8 Å². The second-order valence-corrected chi connectivity index (χ2v) is 7.39. The van der Waals surface area contributed by atoms with Crippen molar-refractivity contribution >= 4 is 0 Å². The highest BCUT2D eigenvalue weighted by Gasteiger charge is 2.29. The summed E-state index contributed by atoms with van der Waals surface area (Å²) >= 11 is 0. The van der Waals surface area contributed by atoms with Gasteiger partial charge in [-0.25, -0.2) is 4.98 Å². The highest BCUT2D eigenvalue weighted by Crippen LogP contribution is 2.40. The Labute approximate surface area is 180 Å². The maximum atomic E-state index is 12.4. The predicted molar refractivity (Wildman–Crippen MR) is 117 cm³/mol. The van der Waals surface area contributed by atoms with Crippen LogP contribution >= 0.6 is 0 Å². The lowest BCUT2D eigenvalue weighted by Gasteiger charge is -2.24. The van der Waals surface area contributed by atoms with E-state index in [2.05, 4.69) is 14.9 Å². The number of nitrogens with one attached hydrogen (secondary N) is 1. The molecular weight excluding hydrogens is 396 g/mol. The molecule has 8 heteroatoms. The molecule has 0 aliphatic carbocycles. The zero-order valence-electron chi connectivity index (χ0n) is 17.9. The first kappa shape index (κ1) is 20.9. The molecule has 1 aromatic carbocycles. The molecule has 1 fully saturated rings. The quantitative estimate of drug-likeness (QED) is 0.625. The van der Waals surface area contributed by atoms with Crippen LogP contribution in [0.3, 0.4) is 0 Å². The summed E-state index contributed by atoms with van der Waals surface area (Å²) in [6, 6.07) is 11.0. The molecule has 31 heavy (non-hydrogen) atoms. The van der Waals surface area contributed by atoms with Gasteiger partial charge in [0.1, 0.15) is 5.82 Å². The van der Waals surface area contributed by atoms with Crippen LogP contribution in [0.5, 0.6) is 17.2 Å². The molecular formula is C23H26N4O4. The molecule has 1 aliphatic rings. The van der Waals surface area contributed by atoms with Crippen LogP contribution in [0.1, 0.15) is 30.3 Å². The van der Waals surface area contributed by atoms with Gasteiger partial charge in [-0.15, -0.1) is 0 Å². The molecule has 0 saturated carbocycles. The number of methoxy groups -OCH3 is 3. The van der Waals surface area contributed by atoms with E-state index in [9.17, 15) is 4.79 Å². The topological polar surface area (TPSA) is 89.6 Å². The van der Waals surface area contributed by atoms with Crippen LogP contribution in [-0.2, 0) is 6.54 Å². The summed E-state index contributed by atoms with van der Waals surface area (Å²) in [5.41, 5.74) is 2.12. The van der Waals surface area contributed by atoms with Gasteiger partial charge in [0.2, 0.25) is 5.75 Å². The summed E-state index contributed by atoms with van der Waals surface area (Å²) in [6.07, 6.45) is 3.63. The van der Waals surface area contributed by atoms with Crippen LogP contribution in [0.2, 0.25) is 0 Å². The molecule has 4 rings (SSSR count). The minimum atomic E-state index is -0.176. The molecule has 0 bridgehead atoms. The minimum absolute atomic E-state index is 0.00968. The van der Waals surface area contributed by atoms with Crippen LogP contribution in [0, 0.1) is 0 Å². The van der Waals surface area contributed by atoms with Crippen LogP contribution in [0.4, 0.5) is 0 Å². The van der Waals surface area contributed by atoms with Gasteiger partial charge < -0.3 is 19.2 Å². The fourth-order valence-corrected chi connectivity index (χ4v) is 4.07. The van der Waals surface area contributed by atoms with Gasteiger partial charge in [0, 0.05) is 18.8 Å². The Bertz CT molecular complexity index is 1080. The SMILES string of the molecule is COc1cc(CN2CCC[C@@H]2c2nc(-c3ccccn3)cc(=O)[nH]2)cc(OC)c1OC. The number of pyridine rings is 1. The summed E-state index contributed by atoms with van der Waals surface area (Å²) < 4.78 is 16.4. The number of benzene rings is 1. The highest BCUT2D eigenvalue weighted by molar-refractivity contribution is 5.54. The number of rotatable bonds is 7. The number of hydrogen-bond donors (Lipinski definition) is 1. The third kappa shape index (κ3) is 4.39. The van der Waals surface area contributed by atoms with Gasteiger partial charge in [-0.05, 0) is 49.2 Å². The van der Waals surface area contributed by atoms with Crippen LogP contribution in [0.25, 0.3) is 11.4 Å². The summed E-state index contributed by atoms with van der Waals surface area (Å²) in [5, 5.41) is 0. The standard InChI is InChI=1S/C23H26N4O4/c1-29-19-11-15(12-20(30-2)22(19)31-3)14-27-10-6-8-18(27)23-25-17(13-21(28)26-23)16-7-4-5-9-24-16/h4-5,7,9,11-13,18H,6,8,10,14H2,1-3H3,(H,25,26,28)/t18-/m1/s1. The molecule has 8 nitrogen and oxygen atoms in total. The Morgan fingerprint density at radius 3 is 2.48 bits per heavy atom. The average Bonchev–Trinajstić information content (AvgIpc) is 3.26. The normalized spacial score (nSPS) is 16.3. The van der Waals surface area contributed by atoms with Crippen molar-refractivity contribution < 1.29 is 14.2 Å². The number of aromatic nitrogens is 3. The highest BCUT2D eigenvalue weighted by atomic mass is 16.5. The monoisotopic (exact) mass is 422 g/mol. The van der Waals surface area contributed by atoms with E-state index in [1.807, 2.05) is 30.3 Å². The lowest BCUT2D eigenvalue weighted by atomic mass is 10.1. The molecule has 162 valence electrons. The van der Waals surface area contributed by atoms with Crippen LogP contribution in [0.15, 0.2) is 47.4 Å². The minimum Gasteiger partial charge on any atom is -0.493 e. The molecule has 1 saturated heterocycles. The maximum Gasteiger partial charge on any atom is 0.251 e. The molecule has 2 aromatic heterocycles. The zero-order valence-corrected chi connectivity index (χ0v) is 17.9. The number of nitrogens with zero attached hydrogens (tertiary/aromatic N) is 3. The van der Waals surface area contributed by atoms with E-state index in [1.54, 1.807) is 27.5 Å². The van der Waals surface area contributed by atoms with Crippen LogP contribution in [-0.4, -0.2) is 47.7 Å². The Balaban J connectivity index is 1.64. The third-order valence-electron chi connectivity index (χ3n) is 5.48. The molecule has 0 unspecified atom stereocenters. The van der Waals surface area contributed by atoms with E-state index in [1.165, 1.54) is 6.07 Å². The Morgan fingerprint density at radius 1 is 1.06 bits per heavy atom. The Hall–Kier alpha value is -3.39. The van der Waals surface area contributed by atoms with Gasteiger partial charge in [-0.3, -0.25) is 14.7 Å². The van der Waals surface area contributed by atoms with E-state index in [0.29, 0.717) is 41.0 Å². The van der Waals surface area contributed by atoms with Crippen molar-refractivity contribution in [3.8, 4) is 28.6 Å². The molecule has 3 heterocycles. The summed E-state index contributed by atoms with van der Waals surface area (Å²) in [4.78, 5) is 26.7. The van der Waals surface area contributed by atoms with Crippen molar-refractivity contribution in [1.82, 2.24) is 19.9 Å². The molecule has 0 spiro atoms. The van der Waals surface area contributed by atoms with E-state index in [4.69, 9.17) is 19.2 Å². The molecule has 1 atom stereocenters. The van der Waals surface area contributed by atoms with E-state index >= 15 is 0 Å². The van der Waals surface area contributed by atoms with Crippen molar-refractivity contribution in [1.29, 1.82) is 0 Å². The first-order valence-electron chi connectivity index (χ1n) is 10.2. The van der Waals surface area contributed by atoms with Gasteiger partial charge in [0.15, 0.2) is 11.5 Å². The van der Waals surface area contributed by atoms with Crippen LogP contribution < -0.4 is 19.8 Å². The fourth-order valence-electron chi connectivity index (χ4n) is 4.07. The summed E-state index contributed by atoms with van der Waals surface area (Å²) in [7, 11) is 4.81. The van der Waals surface area contributed by atoms with Gasteiger partial charge in [0.25, 0.3) is 5.56 Å². The number of likely N-dealkylation sites (tertiary alicyclic amines) is 1. The van der Waals surface area contributed by atoms with Crippen molar-refractivity contribution in [3.05, 3.63) is 64.3 Å². The summed E-state index contributed by atoms with van der Waals surface area (Å²) in [5.74, 6) is 2.48. The van der Waals surface area contributed by atoms with Crippen molar-refractivity contribution in [2.75, 3.05) is 27.9 Å². The third-order valence-corrected chi connectivity index (χ3v) is 5.48. The zero-order chi connectivity index (χ0) is 21.8. The van der Waals surface area contributed by atoms with Crippen molar-refractivity contribution in [2.45, 2.75) is 25.4 Å². The predicted octanol–water partition coefficient (Wildman–Crippen LogP) is 3.19. The number of H-pyrrole nitrogens is 1. The van der Waals surface area contributed by atoms with Gasteiger partial charge in [-0.1, -0.05) is 6.07 Å².